The molecule has 0 N–H and O–H groups in total. The molecule has 2 nitrogen and oxygen atoms in total. The zero-order chi connectivity index (χ0) is 17.1. The van der Waals surface area contributed by atoms with E-state index in [1.165, 1.54) is 11.1 Å². The molecule has 0 atom stereocenters. The van der Waals surface area contributed by atoms with Gasteiger partial charge < -0.3 is 4.90 Å². The smallest absolute Gasteiger partial charge is 0.238 e. The van der Waals surface area contributed by atoms with E-state index >= 15 is 0 Å². The Kier molecular flexibility index (Phi) is 4.17. The molecule has 1 amide bonds. The summed E-state index contributed by atoms with van der Waals surface area (Å²) in [5.41, 5.74) is 4.40. The summed E-state index contributed by atoms with van der Waals surface area (Å²) in [6.45, 7) is 0.613. The molecule has 2 heteroatoms. The Bertz CT molecular complexity index is 860. The average molecular weight is 325 g/mol. The summed E-state index contributed by atoms with van der Waals surface area (Å²) in [4.78, 5) is 15.2. The number of nitrogens with zero attached hydrogens (tertiary/aromatic N) is 1. The van der Waals surface area contributed by atoms with Gasteiger partial charge in [0.15, 0.2) is 0 Å². The first-order valence-electron chi connectivity index (χ1n) is 8.49. The average Bonchev–Trinajstić information content (AvgIpc) is 2.69. The van der Waals surface area contributed by atoms with E-state index in [0.717, 1.165) is 11.1 Å². The van der Waals surface area contributed by atoms with E-state index in [1.807, 2.05) is 90.0 Å². The van der Waals surface area contributed by atoms with E-state index in [2.05, 4.69) is 12.1 Å². The molecule has 1 aliphatic rings. The van der Waals surface area contributed by atoms with Crippen LogP contribution in [0.25, 0.3) is 6.08 Å². The molecule has 0 unspecified atom stereocenters. The molecule has 0 bridgehead atoms. The molecule has 1 heterocycles. The van der Waals surface area contributed by atoms with E-state index in [-0.39, 0.29) is 11.8 Å². The maximum atomic E-state index is 13.4. The Morgan fingerprint density at radius 2 is 1.32 bits per heavy atom. The number of rotatable bonds is 3. The van der Waals surface area contributed by atoms with Crippen LogP contribution in [-0.2, 0) is 11.3 Å². The third-order valence-electron chi connectivity index (χ3n) is 4.63. The lowest BCUT2D eigenvalue weighted by Crippen LogP contribution is -2.32. The molecule has 0 saturated carbocycles. The van der Waals surface area contributed by atoms with Crippen molar-refractivity contribution < 1.29 is 4.79 Å². The second-order valence-corrected chi connectivity index (χ2v) is 6.24. The van der Waals surface area contributed by atoms with Crippen molar-refractivity contribution in [2.75, 3.05) is 0 Å². The molecule has 0 saturated heterocycles. The topological polar surface area (TPSA) is 20.3 Å². The van der Waals surface area contributed by atoms with Crippen molar-refractivity contribution in [2.24, 2.45) is 0 Å². The molecule has 0 spiro atoms. The van der Waals surface area contributed by atoms with Gasteiger partial charge in [0, 0.05) is 6.20 Å². The van der Waals surface area contributed by atoms with Gasteiger partial charge in [-0.25, -0.2) is 0 Å². The van der Waals surface area contributed by atoms with Gasteiger partial charge in [0.05, 0.1) is 12.5 Å². The highest BCUT2D eigenvalue weighted by Gasteiger charge is 2.27. The van der Waals surface area contributed by atoms with Crippen LogP contribution in [0, 0.1) is 0 Å². The second-order valence-electron chi connectivity index (χ2n) is 6.24. The summed E-state index contributed by atoms with van der Waals surface area (Å²) in [6.07, 6.45) is 3.92. The van der Waals surface area contributed by atoms with Gasteiger partial charge in [0.2, 0.25) is 5.91 Å². The monoisotopic (exact) mass is 325 g/mol. The summed E-state index contributed by atoms with van der Waals surface area (Å²) in [7, 11) is 0. The van der Waals surface area contributed by atoms with Gasteiger partial charge in [0.1, 0.15) is 0 Å². The first-order chi connectivity index (χ1) is 12.3. The minimum absolute atomic E-state index is 0.100. The fourth-order valence-electron chi connectivity index (χ4n) is 3.33. The number of hydrogen-bond donors (Lipinski definition) is 0. The van der Waals surface area contributed by atoms with Gasteiger partial charge in [-0.05, 0) is 28.3 Å². The molecule has 0 radical (unpaired) electrons. The number of carbonyl (C=O) groups is 1. The Balaban J connectivity index is 1.70. The zero-order valence-corrected chi connectivity index (χ0v) is 13.9. The molecule has 0 aliphatic carbocycles. The molecule has 122 valence electrons. The summed E-state index contributed by atoms with van der Waals surface area (Å²) in [5.74, 6) is -0.194. The Morgan fingerprint density at radius 1 is 0.760 bits per heavy atom. The molecule has 3 aromatic carbocycles. The predicted octanol–water partition coefficient (Wildman–Crippen LogP) is 4.83. The van der Waals surface area contributed by atoms with Crippen LogP contribution >= 0.6 is 0 Å². The van der Waals surface area contributed by atoms with Crippen LogP contribution in [0.3, 0.4) is 0 Å². The minimum atomic E-state index is -0.294. The van der Waals surface area contributed by atoms with Crippen LogP contribution in [-0.4, -0.2) is 10.8 Å². The van der Waals surface area contributed by atoms with Crippen molar-refractivity contribution in [3.63, 3.8) is 0 Å². The van der Waals surface area contributed by atoms with Gasteiger partial charge in [-0.15, -0.1) is 0 Å². The van der Waals surface area contributed by atoms with Crippen molar-refractivity contribution in [1.29, 1.82) is 0 Å². The van der Waals surface area contributed by atoms with Gasteiger partial charge in [0.25, 0.3) is 0 Å². The van der Waals surface area contributed by atoms with Crippen LogP contribution in [0.5, 0.6) is 0 Å². The lowest BCUT2D eigenvalue weighted by Gasteiger charge is -2.28. The van der Waals surface area contributed by atoms with Crippen molar-refractivity contribution in [3.8, 4) is 0 Å². The van der Waals surface area contributed by atoms with Crippen LogP contribution in [0.15, 0.2) is 91.1 Å². The number of amides is 1. The maximum Gasteiger partial charge on any atom is 0.238 e. The summed E-state index contributed by atoms with van der Waals surface area (Å²) in [6, 6.07) is 28.2. The molecule has 25 heavy (non-hydrogen) atoms. The highest BCUT2D eigenvalue weighted by Crippen LogP contribution is 2.29. The molecule has 1 aliphatic heterocycles. The summed E-state index contributed by atoms with van der Waals surface area (Å²) in [5, 5.41) is 0. The SMILES string of the molecule is O=C(C(c1ccccc1)c1ccccc1)N1C=Cc2ccccc2C1. The third kappa shape index (κ3) is 3.11. The van der Waals surface area contributed by atoms with E-state index in [9.17, 15) is 4.79 Å². The molecule has 0 aromatic heterocycles. The fraction of sp³-hybridized carbons (Fsp3) is 0.0870. The van der Waals surface area contributed by atoms with Gasteiger partial charge in [-0.1, -0.05) is 84.9 Å². The standard InChI is InChI=1S/C23H19NO/c25-23(24-16-15-18-9-7-8-14-21(18)17-24)22(19-10-3-1-4-11-19)20-12-5-2-6-13-20/h1-16,22H,17H2. The van der Waals surface area contributed by atoms with Gasteiger partial charge in [-0.2, -0.15) is 0 Å². The van der Waals surface area contributed by atoms with Crippen molar-refractivity contribution in [1.82, 2.24) is 4.90 Å². The largest absolute Gasteiger partial charge is 0.314 e. The predicted molar refractivity (Wildman–Crippen MR) is 101 cm³/mol. The summed E-state index contributed by atoms with van der Waals surface area (Å²) < 4.78 is 0. The highest BCUT2D eigenvalue weighted by atomic mass is 16.2. The maximum absolute atomic E-state index is 13.4. The molecule has 3 aromatic rings. The summed E-state index contributed by atoms with van der Waals surface area (Å²) >= 11 is 0. The first-order valence-corrected chi connectivity index (χ1v) is 8.49. The Morgan fingerprint density at radius 3 is 1.96 bits per heavy atom. The van der Waals surface area contributed by atoms with Crippen molar-refractivity contribution in [2.45, 2.75) is 12.5 Å². The number of benzene rings is 3. The lowest BCUT2D eigenvalue weighted by atomic mass is 9.89. The number of hydrogen-bond acceptors (Lipinski definition) is 1. The Hall–Kier alpha value is -3.13. The van der Waals surface area contributed by atoms with Crippen molar-refractivity contribution >= 4 is 12.0 Å². The molecule has 4 rings (SSSR count). The number of fused-ring (bicyclic) bond motifs is 1. The van der Waals surface area contributed by atoms with Crippen LogP contribution < -0.4 is 0 Å². The second kappa shape index (κ2) is 6.78. The van der Waals surface area contributed by atoms with Crippen LogP contribution in [0.1, 0.15) is 28.2 Å². The Labute approximate surface area is 148 Å². The van der Waals surface area contributed by atoms with E-state index < -0.39 is 0 Å². The quantitative estimate of drug-likeness (QED) is 0.675. The lowest BCUT2D eigenvalue weighted by molar-refractivity contribution is -0.129. The molecular weight excluding hydrogens is 306 g/mol. The zero-order valence-electron chi connectivity index (χ0n) is 13.9. The van der Waals surface area contributed by atoms with E-state index in [1.54, 1.807) is 0 Å². The van der Waals surface area contributed by atoms with Crippen molar-refractivity contribution in [3.05, 3.63) is 113 Å². The third-order valence-corrected chi connectivity index (χ3v) is 4.63. The molecular formula is C23H19NO. The minimum Gasteiger partial charge on any atom is -0.314 e. The van der Waals surface area contributed by atoms with Gasteiger partial charge >= 0.3 is 0 Å². The fourth-order valence-corrected chi connectivity index (χ4v) is 3.33. The highest BCUT2D eigenvalue weighted by molar-refractivity contribution is 5.89. The van der Waals surface area contributed by atoms with Gasteiger partial charge in [-0.3, -0.25) is 4.79 Å². The number of carbonyl (C=O) groups excluding carboxylic acids is 1. The van der Waals surface area contributed by atoms with E-state index in [4.69, 9.17) is 0 Å². The van der Waals surface area contributed by atoms with Crippen LogP contribution in [0.4, 0.5) is 0 Å². The van der Waals surface area contributed by atoms with Crippen LogP contribution in [0.2, 0.25) is 0 Å². The normalized spacial score (nSPS) is 12.9. The molecule has 0 fully saturated rings. The van der Waals surface area contributed by atoms with E-state index in [0.29, 0.717) is 6.54 Å². The first kappa shape index (κ1) is 15.4.